The third-order valence-corrected chi connectivity index (χ3v) is 7.45. The molecule has 0 heterocycles. The number of fused-ring (bicyclic) bond motifs is 3. The van der Waals surface area contributed by atoms with Crippen LogP contribution >= 0.6 is 0 Å². The Hall–Kier alpha value is -2.21. The first-order valence-electron chi connectivity index (χ1n) is 12.3. The highest BCUT2D eigenvalue weighted by Crippen LogP contribution is 2.48. The highest BCUT2D eigenvalue weighted by molar-refractivity contribution is 5.47. The normalized spacial score (nSPS) is 22.4. The second kappa shape index (κ2) is 10.2. The van der Waals surface area contributed by atoms with Gasteiger partial charge in [0.05, 0.1) is 5.56 Å². The van der Waals surface area contributed by atoms with Crippen molar-refractivity contribution in [1.29, 1.82) is 0 Å². The molecular weight excluding hydrogens is 405 g/mol. The summed E-state index contributed by atoms with van der Waals surface area (Å²) in [6, 6.07) is 11.6. The van der Waals surface area contributed by atoms with Crippen molar-refractivity contribution in [3.63, 3.8) is 0 Å². The van der Waals surface area contributed by atoms with Crippen LogP contribution in [0.2, 0.25) is 0 Å². The smallest absolute Gasteiger partial charge is 0.166 e. The summed E-state index contributed by atoms with van der Waals surface area (Å²) in [5.41, 5.74) is 3.86. The third kappa shape index (κ3) is 5.58. The number of halogens is 3. The number of rotatable bonds is 5. The Kier molecular flexibility index (Phi) is 7.29. The lowest BCUT2D eigenvalue weighted by Gasteiger charge is -2.40. The van der Waals surface area contributed by atoms with E-state index in [9.17, 15) is 13.2 Å². The van der Waals surface area contributed by atoms with Crippen molar-refractivity contribution >= 4 is 0 Å². The van der Waals surface area contributed by atoms with Gasteiger partial charge in [0.1, 0.15) is 0 Å². The molecule has 0 aliphatic heterocycles. The Labute approximate surface area is 190 Å². The van der Waals surface area contributed by atoms with Gasteiger partial charge in [-0.3, -0.25) is 0 Å². The van der Waals surface area contributed by atoms with Gasteiger partial charge in [0.25, 0.3) is 0 Å². The zero-order valence-corrected chi connectivity index (χ0v) is 19.0. The molecule has 0 saturated heterocycles. The van der Waals surface area contributed by atoms with Crippen LogP contribution in [0.15, 0.2) is 42.5 Å². The summed E-state index contributed by atoms with van der Waals surface area (Å²) in [7, 11) is 0. The molecule has 2 aliphatic rings. The van der Waals surface area contributed by atoms with Gasteiger partial charge in [-0.05, 0) is 97.4 Å². The summed E-state index contributed by atoms with van der Waals surface area (Å²) in [5.74, 6) is 8.62. The Morgan fingerprint density at radius 2 is 1.62 bits per heavy atom. The zero-order valence-electron chi connectivity index (χ0n) is 19.0. The minimum atomic E-state index is -4.31. The summed E-state index contributed by atoms with van der Waals surface area (Å²) >= 11 is 0. The molecule has 3 atom stereocenters. The molecular formula is C29H33F3. The number of alkyl halides is 3. The molecule has 0 amide bonds. The number of hydrogen-bond donors (Lipinski definition) is 0. The molecule has 2 aliphatic carbocycles. The van der Waals surface area contributed by atoms with Gasteiger partial charge in [0, 0.05) is 11.1 Å². The average molecular weight is 439 g/mol. The Morgan fingerprint density at radius 1 is 0.875 bits per heavy atom. The van der Waals surface area contributed by atoms with Gasteiger partial charge in [-0.1, -0.05) is 56.9 Å². The second-order valence-electron chi connectivity index (χ2n) is 9.67. The van der Waals surface area contributed by atoms with Crippen LogP contribution in [0.3, 0.4) is 0 Å². The van der Waals surface area contributed by atoms with E-state index in [0.717, 1.165) is 36.0 Å². The second-order valence-corrected chi connectivity index (χ2v) is 9.67. The molecule has 2 aromatic carbocycles. The number of aryl methyl sites for hydroxylation is 1. The molecule has 3 heteroatoms. The first-order valence-corrected chi connectivity index (χ1v) is 12.3. The molecule has 0 bridgehead atoms. The number of benzene rings is 2. The van der Waals surface area contributed by atoms with Crippen molar-refractivity contribution in [2.45, 2.75) is 83.2 Å². The first kappa shape index (κ1) is 23.0. The predicted molar refractivity (Wildman–Crippen MR) is 125 cm³/mol. The summed E-state index contributed by atoms with van der Waals surface area (Å²) < 4.78 is 38.2. The van der Waals surface area contributed by atoms with E-state index >= 15 is 0 Å². The van der Waals surface area contributed by atoms with Gasteiger partial charge < -0.3 is 0 Å². The lowest BCUT2D eigenvalue weighted by Crippen LogP contribution is -2.28. The maximum Gasteiger partial charge on any atom is 0.416 e. The van der Waals surface area contributed by atoms with Gasteiger partial charge in [0.15, 0.2) is 0 Å². The van der Waals surface area contributed by atoms with Crippen LogP contribution in [-0.4, -0.2) is 0 Å². The van der Waals surface area contributed by atoms with Crippen molar-refractivity contribution in [3.05, 3.63) is 70.3 Å². The average Bonchev–Trinajstić information content (AvgIpc) is 2.80. The van der Waals surface area contributed by atoms with Gasteiger partial charge >= 0.3 is 6.18 Å². The Bertz CT molecular complexity index is 959. The minimum Gasteiger partial charge on any atom is -0.166 e. The summed E-state index contributed by atoms with van der Waals surface area (Å²) in [6.07, 6.45) is 9.03. The van der Waals surface area contributed by atoms with Crippen molar-refractivity contribution < 1.29 is 13.2 Å². The van der Waals surface area contributed by atoms with Crippen LogP contribution in [0.1, 0.15) is 98.4 Å². The van der Waals surface area contributed by atoms with Crippen molar-refractivity contribution in [3.8, 4) is 11.8 Å². The molecule has 3 unspecified atom stereocenters. The molecule has 0 spiro atoms. The molecule has 170 valence electrons. The van der Waals surface area contributed by atoms with Crippen LogP contribution in [0.5, 0.6) is 0 Å². The maximum atomic E-state index is 12.7. The van der Waals surface area contributed by atoms with Crippen LogP contribution in [0.4, 0.5) is 13.2 Å². The minimum absolute atomic E-state index is 0.605. The van der Waals surface area contributed by atoms with E-state index < -0.39 is 11.7 Å². The molecule has 4 rings (SSSR count). The quantitative estimate of drug-likeness (QED) is 0.324. The van der Waals surface area contributed by atoms with Crippen LogP contribution < -0.4 is 0 Å². The SMILES string of the molecule is CCCCCCC1CCC2c3ccc(C#Cc4ccc(C(F)(F)F)cc4)cc3CCC2C1. The fourth-order valence-electron chi connectivity index (χ4n) is 5.70. The highest BCUT2D eigenvalue weighted by Gasteiger charge is 2.35. The van der Waals surface area contributed by atoms with Crippen molar-refractivity contribution in [2.75, 3.05) is 0 Å². The molecule has 0 aromatic heterocycles. The summed E-state index contributed by atoms with van der Waals surface area (Å²) in [5, 5.41) is 0. The standard InChI is InChI=1S/C29H33F3/c1-2-3-4-5-6-22-11-17-27-24(19-22)13-14-25-20-23(12-18-28(25)27)8-7-21-9-15-26(16-10-21)29(30,31)32/h9-10,12,15-16,18,20,22,24,27H,2-6,11,13-14,17,19H2,1H3. The van der Waals surface area contributed by atoms with Crippen LogP contribution in [-0.2, 0) is 12.6 Å². The lowest BCUT2D eigenvalue weighted by atomic mass is 9.64. The van der Waals surface area contributed by atoms with E-state index in [-0.39, 0.29) is 0 Å². The summed E-state index contributed by atoms with van der Waals surface area (Å²) in [4.78, 5) is 0. The fraction of sp³-hybridized carbons (Fsp3) is 0.517. The first-order chi connectivity index (χ1) is 15.4. The van der Waals surface area contributed by atoms with E-state index in [2.05, 4.69) is 37.0 Å². The predicted octanol–water partition coefficient (Wildman–Crippen LogP) is 8.52. The van der Waals surface area contributed by atoms with Gasteiger partial charge in [-0.15, -0.1) is 0 Å². The topological polar surface area (TPSA) is 0 Å². The molecule has 0 N–H and O–H groups in total. The van der Waals surface area contributed by atoms with Crippen LogP contribution in [0, 0.1) is 23.7 Å². The Balaban J connectivity index is 1.39. The van der Waals surface area contributed by atoms with Gasteiger partial charge in [0.2, 0.25) is 0 Å². The Morgan fingerprint density at radius 3 is 2.38 bits per heavy atom. The van der Waals surface area contributed by atoms with E-state index in [1.807, 2.05) is 0 Å². The summed E-state index contributed by atoms with van der Waals surface area (Å²) in [6.45, 7) is 2.27. The lowest BCUT2D eigenvalue weighted by molar-refractivity contribution is -0.137. The molecule has 0 radical (unpaired) electrons. The maximum absolute atomic E-state index is 12.7. The molecule has 32 heavy (non-hydrogen) atoms. The van der Waals surface area contributed by atoms with Gasteiger partial charge in [-0.25, -0.2) is 0 Å². The number of hydrogen-bond acceptors (Lipinski definition) is 0. The zero-order chi connectivity index (χ0) is 22.6. The van der Waals surface area contributed by atoms with Gasteiger partial charge in [-0.2, -0.15) is 13.2 Å². The highest BCUT2D eigenvalue weighted by atomic mass is 19.4. The molecule has 2 aromatic rings. The molecule has 1 saturated carbocycles. The fourth-order valence-corrected chi connectivity index (χ4v) is 5.70. The van der Waals surface area contributed by atoms with Crippen LogP contribution in [0.25, 0.3) is 0 Å². The number of unbranched alkanes of at least 4 members (excludes halogenated alkanes) is 3. The van der Waals surface area contributed by atoms with Crippen molar-refractivity contribution in [1.82, 2.24) is 0 Å². The third-order valence-electron chi connectivity index (χ3n) is 7.45. The van der Waals surface area contributed by atoms with E-state index in [0.29, 0.717) is 11.5 Å². The largest absolute Gasteiger partial charge is 0.416 e. The molecule has 1 fully saturated rings. The molecule has 0 nitrogen and oxygen atoms in total. The van der Waals surface area contributed by atoms with Crippen molar-refractivity contribution in [2.24, 2.45) is 11.8 Å². The van der Waals surface area contributed by atoms with E-state index in [1.54, 1.807) is 0 Å². The van der Waals surface area contributed by atoms with E-state index in [4.69, 9.17) is 0 Å². The van der Waals surface area contributed by atoms with E-state index in [1.165, 1.54) is 81.0 Å². The monoisotopic (exact) mass is 438 g/mol.